The van der Waals surface area contributed by atoms with Crippen molar-refractivity contribution in [3.8, 4) is 0 Å². The summed E-state index contributed by atoms with van der Waals surface area (Å²) < 4.78 is 5.71. The number of nitrogens with zero attached hydrogens (tertiary/aromatic N) is 2. The number of aryl methyl sites for hydroxylation is 1. The molecule has 0 saturated carbocycles. The van der Waals surface area contributed by atoms with Gasteiger partial charge < -0.3 is 20.0 Å². The molecule has 1 saturated heterocycles. The van der Waals surface area contributed by atoms with Crippen molar-refractivity contribution in [3.05, 3.63) is 59.7 Å². The molecule has 2 aromatic heterocycles. The molecule has 4 rings (SSSR count). The Kier molecular flexibility index (Phi) is 6.20. The number of furan rings is 1. The molecule has 0 spiro atoms. The third kappa shape index (κ3) is 4.48. The van der Waals surface area contributed by atoms with Crippen molar-refractivity contribution < 1.29 is 4.42 Å². The van der Waals surface area contributed by atoms with Crippen LogP contribution in [0.15, 0.2) is 52.2 Å². The second-order valence-electron chi connectivity index (χ2n) is 7.72. The van der Waals surface area contributed by atoms with Gasteiger partial charge in [0.05, 0.1) is 12.3 Å². The van der Waals surface area contributed by atoms with Crippen LogP contribution in [0.2, 0.25) is 0 Å². The first-order chi connectivity index (χ1) is 14.3. The average molecular weight is 394 g/mol. The van der Waals surface area contributed by atoms with Crippen molar-refractivity contribution in [2.45, 2.75) is 32.2 Å². The molecule has 6 heteroatoms. The molecule has 3 heterocycles. The van der Waals surface area contributed by atoms with Gasteiger partial charge in [-0.15, -0.1) is 0 Å². The lowest BCUT2D eigenvalue weighted by Gasteiger charge is -2.26. The molecule has 6 nitrogen and oxygen atoms in total. The fraction of sp³-hybridized carbons (Fsp3) is 0.435. The van der Waals surface area contributed by atoms with Gasteiger partial charge in [0.1, 0.15) is 5.76 Å². The number of nitrogens with one attached hydrogen (secondary N) is 3. The topological polar surface area (TPSA) is 68.6 Å². The van der Waals surface area contributed by atoms with Crippen LogP contribution >= 0.6 is 0 Å². The number of aliphatic imine (C=N–C) groups is 1. The van der Waals surface area contributed by atoms with E-state index in [2.05, 4.69) is 62.9 Å². The highest BCUT2D eigenvalue weighted by molar-refractivity contribution is 5.86. The molecule has 29 heavy (non-hydrogen) atoms. The molecular formula is C23H31N5O. The van der Waals surface area contributed by atoms with Crippen LogP contribution in [0.3, 0.4) is 0 Å². The highest BCUT2D eigenvalue weighted by Gasteiger charge is 2.25. The van der Waals surface area contributed by atoms with Gasteiger partial charge in [0, 0.05) is 37.2 Å². The summed E-state index contributed by atoms with van der Waals surface area (Å²) in [7, 11) is 1.82. The van der Waals surface area contributed by atoms with Gasteiger partial charge in [-0.3, -0.25) is 9.89 Å². The predicted molar refractivity (Wildman–Crippen MR) is 118 cm³/mol. The molecule has 1 aliphatic heterocycles. The third-order valence-electron chi connectivity index (χ3n) is 5.84. The Balaban J connectivity index is 1.32. The van der Waals surface area contributed by atoms with Gasteiger partial charge in [-0.1, -0.05) is 18.2 Å². The van der Waals surface area contributed by atoms with E-state index in [1.807, 2.05) is 13.1 Å². The van der Waals surface area contributed by atoms with Crippen LogP contribution in [-0.4, -0.2) is 49.1 Å². The second kappa shape index (κ2) is 9.18. The first-order valence-corrected chi connectivity index (χ1v) is 10.5. The molecule has 1 atom stereocenters. The fourth-order valence-corrected chi connectivity index (χ4v) is 4.24. The van der Waals surface area contributed by atoms with Crippen LogP contribution in [0.5, 0.6) is 0 Å². The number of aromatic nitrogens is 1. The monoisotopic (exact) mass is 393 g/mol. The quantitative estimate of drug-likeness (QED) is 0.424. The Hall–Kier alpha value is -2.73. The zero-order valence-electron chi connectivity index (χ0n) is 17.4. The van der Waals surface area contributed by atoms with Crippen molar-refractivity contribution >= 4 is 16.9 Å². The number of guanidine groups is 1. The summed E-state index contributed by atoms with van der Waals surface area (Å²) in [5, 5.41) is 8.25. The van der Waals surface area contributed by atoms with Crippen LogP contribution in [0.4, 0.5) is 0 Å². The molecule has 0 radical (unpaired) electrons. The highest BCUT2D eigenvalue weighted by Crippen LogP contribution is 2.25. The van der Waals surface area contributed by atoms with Crippen LogP contribution in [0.25, 0.3) is 10.9 Å². The minimum atomic E-state index is 0.239. The minimum absolute atomic E-state index is 0.239. The zero-order chi connectivity index (χ0) is 20.1. The summed E-state index contributed by atoms with van der Waals surface area (Å²) in [5.74, 6) is 1.85. The summed E-state index contributed by atoms with van der Waals surface area (Å²) >= 11 is 0. The lowest BCUT2D eigenvalue weighted by Crippen LogP contribution is -2.43. The molecule has 1 unspecified atom stereocenters. The van der Waals surface area contributed by atoms with E-state index in [1.54, 1.807) is 6.26 Å². The number of fused-ring (bicyclic) bond motifs is 1. The van der Waals surface area contributed by atoms with E-state index in [1.165, 1.54) is 34.9 Å². The van der Waals surface area contributed by atoms with E-state index in [4.69, 9.17) is 4.42 Å². The maximum absolute atomic E-state index is 5.71. The first kappa shape index (κ1) is 19.6. The Morgan fingerprint density at radius 2 is 2.07 bits per heavy atom. The van der Waals surface area contributed by atoms with E-state index >= 15 is 0 Å². The van der Waals surface area contributed by atoms with Gasteiger partial charge in [-0.25, -0.2) is 0 Å². The maximum atomic E-state index is 5.71. The summed E-state index contributed by atoms with van der Waals surface area (Å²) in [5.41, 5.74) is 3.85. The normalized spacial score (nSPS) is 16.4. The smallest absolute Gasteiger partial charge is 0.191 e. The number of rotatable bonds is 7. The number of para-hydroxylation sites is 1. The Bertz CT molecular complexity index is 937. The fourth-order valence-electron chi connectivity index (χ4n) is 4.24. The Labute approximate surface area is 172 Å². The highest BCUT2D eigenvalue weighted by atomic mass is 16.3. The van der Waals surface area contributed by atoms with E-state index in [0.29, 0.717) is 0 Å². The van der Waals surface area contributed by atoms with Crippen molar-refractivity contribution in [3.63, 3.8) is 0 Å². The lowest BCUT2D eigenvalue weighted by atomic mass is 10.1. The van der Waals surface area contributed by atoms with Gasteiger partial charge in [0.25, 0.3) is 0 Å². The molecule has 0 aliphatic carbocycles. The molecule has 1 fully saturated rings. The number of hydrogen-bond donors (Lipinski definition) is 3. The maximum Gasteiger partial charge on any atom is 0.191 e. The van der Waals surface area contributed by atoms with Gasteiger partial charge in [0.15, 0.2) is 5.96 Å². The van der Waals surface area contributed by atoms with Gasteiger partial charge in [-0.2, -0.15) is 0 Å². The van der Waals surface area contributed by atoms with Crippen molar-refractivity contribution in [2.24, 2.45) is 4.99 Å². The SMILES string of the molecule is CN=C(NCCc1c[nH]c2c(C)cccc12)NCC(c1ccco1)N1CCCC1. The Morgan fingerprint density at radius 3 is 2.83 bits per heavy atom. The van der Waals surface area contributed by atoms with Gasteiger partial charge in [-0.05, 0) is 62.5 Å². The molecule has 1 aliphatic rings. The number of aromatic amines is 1. The van der Waals surface area contributed by atoms with Gasteiger partial charge >= 0.3 is 0 Å². The van der Waals surface area contributed by atoms with Crippen LogP contribution in [0.1, 0.15) is 35.8 Å². The molecular weight excluding hydrogens is 362 g/mol. The first-order valence-electron chi connectivity index (χ1n) is 10.5. The average Bonchev–Trinajstić information content (AvgIpc) is 3.50. The number of likely N-dealkylation sites (tertiary alicyclic amines) is 1. The summed E-state index contributed by atoms with van der Waals surface area (Å²) in [6.07, 6.45) is 7.34. The number of benzene rings is 1. The molecule has 0 bridgehead atoms. The summed E-state index contributed by atoms with van der Waals surface area (Å²) in [6, 6.07) is 10.7. The predicted octanol–water partition coefficient (Wildman–Crippen LogP) is 3.61. The van der Waals surface area contributed by atoms with E-state index in [9.17, 15) is 0 Å². The molecule has 1 aromatic carbocycles. The van der Waals surface area contributed by atoms with Crippen molar-refractivity contribution in [1.29, 1.82) is 0 Å². The number of hydrogen-bond acceptors (Lipinski definition) is 3. The molecule has 154 valence electrons. The summed E-state index contributed by atoms with van der Waals surface area (Å²) in [4.78, 5) is 10.3. The third-order valence-corrected chi connectivity index (χ3v) is 5.84. The van der Waals surface area contributed by atoms with Crippen molar-refractivity contribution in [1.82, 2.24) is 20.5 Å². The van der Waals surface area contributed by atoms with Crippen LogP contribution in [0, 0.1) is 6.92 Å². The van der Waals surface area contributed by atoms with E-state index in [-0.39, 0.29) is 6.04 Å². The van der Waals surface area contributed by atoms with Crippen LogP contribution < -0.4 is 10.6 Å². The van der Waals surface area contributed by atoms with E-state index in [0.717, 1.165) is 44.3 Å². The Morgan fingerprint density at radius 1 is 1.21 bits per heavy atom. The largest absolute Gasteiger partial charge is 0.468 e. The standard InChI is InChI=1S/C23H31N5O/c1-17-7-5-8-19-18(15-26-22(17)19)10-11-25-23(24-2)27-16-20(21-9-6-14-29-21)28-12-3-4-13-28/h5-9,14-15,20,26H,3-4,10-13,16H2,1-2H3,(H2,24,25,27). The summed E-state index contributed by atoms with van der Waals surface area (Å²) in [6.45, 7) is 6.00. The van der Waals surface area contributed by atoms with Crippen molar-refractivity contribution in [2.75, 3.05) is 33.2 Å². The number of H-pyrrole nitrogens is 1. The lowest BCUT2D eigenvalue weighted by molar-refractivity contribution is 0.215. The van der Waals surface area contributed by atoms with Crippen LogP contribution in [-0.2, 0) is 6.42 Å². The zero-order valence-corrected chi connectivity index (χ0v) is 17.4. The van der Waals surface area contributed by atoms with E-state index < -0.39 is 0 Å². The second-order valence-corrected chi connectivity index (χ2v) is 7.72. The molecule has 0 amide bonds. The molecule has 3 N–H and O–H groups in total. The molecule has 3 aromatic rings. The minimum Gasteiger partial charge on any atom is -0.468 e. The van der Waals surface area contributed by atoms with Gasteiger partial charge in [0.2, 0.25) is 0 Å².